The number of furan rings is 1. The van der Waals surface area contributed by atoms with Gasteiger partial charge >= 0.3 is 0 Å². The van der Waals surface area contributed by atoms with Crippen LogP contribution in [0.3, 0.4) is 0 Å². The summed E-state index contributed by atoms with van der Waals surface area (Å²) in [6, 6.07) is 64.0. The molecule has 8 aromatic carbocycles. The molecule has 2 atom stereocenters. The average Bonchev–Trinajstić information content (AvgIpc) is 3.85. The third-order valence-corrected chi connectivity index (χ3v) is 13.4. The maximum atomic E-state index is 6.48. The number of thiophene rings is 1. The van der Waals surface area contributed by atoms with Crippen LogP contribution in [0.25, 0.3) is 80.7 Å². The molecule has 0 amide bonds. The summed E-state index contributed by atoms with van der Waals surface area (Å²) in [6.07, 6.45) is 5.25. The molecule has 0 radical (unpaired) electrons. The van der Waals surface area contributed by atoms with Crippen molar-refractivity contribution in [1.29, 1.82) is 0 Å². The monoisotopic (exact) mass is 763 g/mol. The summed E-state index contributed by atoms with van der Waals surface area (Å²) in [5.41, 5.74) is 13.0. The second kappa shape index (κ2) is 14.4. The van der Waals surface area contributed by atoms with Crippen LogP contribution in [0, 0.1) is 5.92 Å². The molecule has 0 N–H and O–H groups in total. The fourth-order valence-electron chi connectivity index (χ4n) is 9.36. The van der Waals surface area contributed by atoms with E-state index < -0.39 is 0 Å². The van der Waals surface area contributed by atoms with Crippen LogP contribution in [0.2, 0.25) is 0 Å². The summed E-state index contributed by atoms with van der Waals surface area (Å²) in [7, 11) is 0. The number of hydrogen-bond acceptors (Lipinski definition) is 3. The Morgan fingerprint density at radius 1 is 0.569 bits per heavy atom. The van der Waals surface area contributed by atoms with Gasteiger partial charge in [-0.2, -0.15) is 0 Å². The molecule has 0 fully saturated rings. The lowest BCUT2D eigenvalue weighted by molar-refractivity contribution is 0.519. The van der Waals surface area contributed by atoms with Crippen molar-refractivity contribution in [1.82, 2.24) is 0 Å². The van der Waals surface area contributed by atoms with E-state index in [4.69, 9.17) is 9.41 Å². The molecule has 11 rings (SSSR count). The van der Waals surface area contributed by atoms with E-state index in [1.165, 1.54) is 81.2 Å². The van der Waals surface area contributed by atoms with Crippen LogP contribution >= 0.6 is 11.3 Å². The molecule has 0 spiro atoms. The Morgan fingerprint density at radius 2 is 1.22 bits per heavy atom. The van der Waals surface area contributed by atoms with Crippen molar-refractivity contribution in [2.45, 2.75) is 32.2 Å². The minimum atomic E-state index is -0.0919. The van der Waals surface area contributed by atoms with E-state index in [-0.39, 0.29) is 12.0 Å². The van der Waals surface area contributed by atoms with Crippen LogP contribution in [-0.4, -0.2) is 5.71 Å². The third kappa shape index (κ3) is 5.97. The summed E-state index contributed by atoms with van der Waals surface area (Å²) >= 11 is 1.91. The number of para-hydroxylation sites is 1. The van der Waals surface area contributed by atoms with Gasteiger partial charge in [0, 0.05) is 48.1 Å². The molecule has 0 aliphatic carbocycles. The van der Waals surface area contributed by atoms with Gasteiger partial charge in [0.15, 0.2) is 0 Å². The van der Waals surface area contributed by atoms with Crippen molar-refractivity contribution in [2.75, 3.05) is 0 Å². The molecule has 1 aliphatic rings. The molecule has 0 saturated heterocycles. The van der Waals surface area contributed by atoms with Crippen LogP contribution in [0.15, 0.2) is 191 Å². The normalized spacial score (nSPS) is 17.1. The van der Waals surface area contributed by atoms with Gasteiger partial charge in [-0.15, -0.1) is 11.3 Å². The molecule has 1 aliphatic heterocycles. The smallest absolute Gasteiger partial charge is 0.135 e. The van der Waals surface area contributed by atoms with E-state index in [9.17, 15) is 0 Å². The summed E-state index contributed by atoms with van der Waals surface area (Å²) in [6.45, 7) is 2.32. The number of benzene rings is 8. The molecule has 0 saturated carbocycles. The van der Waals surface area contributed by atoms with E-state index in [2.05, 4.69) is 183 Å². The van der Waals surface area contributed by atoms with Gasteiger partial charge in [0.05, 0.1) is 6.04 Å². The van der Waals surface area contributed by atoms with Crippen molar-refractivity contribution in [3.05, 3.63) is 199 Å². The molecular weight excluding hydrogens is 723 g/mol. The second-order valence-corrected chi connectivity index (χ2v) is 16.6. The zero-order valence-electron chi connectivity index (χ0n) is 32.4. The minimum Gasteiger partial charge on any atom is -0.456 e. The fourth-order valence-corrected chi connectivity index (χ4v) is 10.6. The first-order valence-corrected chi connectivity index (χ1v) is 21.3. The van der Waals surface area contributed by atoms with Crippen LogP contribution in [0.4, 0.5) is 0 Å². The van der Waals surface area contributed by atoms with Crippen LogP contribution < -0.4 is 0 Å². The van der Waals surface area contributed by atoms with Crippen LogP contribution in [0.5, 0.6) is 0 Å². The standard InChI is InChI=1S/C55H41NOS/c1-2-42-43(38-16-7-4-8-17-38)21-13-22-49(56-54(42)41-28-30-46-45-20-11-12-23-50(45)57-51(46)34-41)47-33-40-18-9-10-19-44(40)53-48-32-39(29-31-52(48)58-55(47)53)37-26-24-36(25-27-37)35-14-5-3-6-15-35/h3-12,14-21,23-34,42,54H,2,13,22H2,1H3/b43-21-,56-49?/t42-,54?/m1/s1. The topological polar surface area (TPSA) is 25.5 Å². The number of nitrogens with zero attached hydrogens (tertiary/aromatic N) is 1. The number of allylic oxidation sites excluding steroid dienone is 1. The van der Waals surface area contributed by atoms with Gasteiger partial charge in [-0.25, -0.2) is 0 Å². The molecule has 1 unspecified atom stereocenters. The SMILES string of the molecule is CC[C@@H]1/C(c2ccccc2)=C\CCC(c2cc3ccccc3c3c2sc2ccc(-c4ccc(-c5ccccc5)cc4)cc23)=NC1c1ccc2c(c1)oc1ccccc12. The number of hydrogen-bond donors (Lipinski definition) is 0. The Morgan fingerprint density at radius 3 is 2.02 bits per heavy atom. The van der Waals surface area contributed by atoms with Crippen LogP contribution in [0.1, 0.15) is 48.9 Å². The van der Waals surface area contributed by atoms with Crippen molar-refractivity contribution in [3.8, 4) is 22.3 Å². The predicted octanol–water partition coefficient (Wildman–Crippen LogP) is 15.9. The van der Waals surface area contributed by atoms with Crippen molar-refractivity contribution < 1.29 is 4.42 Å². The Hall–Kier alpha value is -6.55. The third-order valence-electron chi connectivity index (χ3n) is 12.2. The number of aliphatic imine (C=N–C) groups is 1. The van der Waals surface area contributed by atoms with E-state index in [0.717, 1.165) is 41.2 Å². The highest BCUT2D eigenvalue weighted by atomic mass is 32.1. The average molecular weight is 764 g/mol. The van der Waals surface area contributed by atoms with Crippen molar-refractivity contribution in [2.24, 2.45) is 10.9 Å². The fraction of sp³-hybridized carbons (Fsp3) is 0.109. The van der Waals surface area contributed by atoms with Gasteiger partial charge in [-0.1, -0.05) is 159 Å². The molecule has 3 heteroatoms. The van der Waals surface area contributed by atoms with Crippen molar-refractivity contribution in [3.63, 3.8) is 0 Å². The van der Waals surface area contributed by atoms with E-state index >= 15 is 0 Å². The number of fused-ring (bicyclic) bond motifs is 8. The molecule has 0 bridgehead atoms. The predicted molar refractivity (Wildman–Crippen MR) is 248 cm³/mol. The first-order chi connectivity index (χ1) is 28.7. The zero-order chi connectivity index (χ0) is 38.6. The van der Waals surface area contributed by atoms with E-state index in [0.29, 0.717) is 0 Å². The maximum Gasteiger partial charge on any atom is 0.135 e. The van der Waals surface area contributed by atoms with Crippen molar-refractivity contribution >= 4 is 75.5 Å². The van der Waals surface area contributed by atoms with Gasteiger partial charge in [0.25, 0.3) is 0 Å². The second-order valence-electron chi connectivity index (χ2n) is 15.6. The molecule has 3 heterocycles. The largest absolute Gasteiger partial charge is 0.456 e. The lowest BCUT2D eigenvalue weighted by Gasteiger charge is -2.29. The number of rotatable bonds is 6. The Balaban J connectivity index is 1.09. The van der Waals surface area contributed by atoms with Gasteiger partial charge in [0.2, 0.25) is 0 Å². The highest BCUT2D eigenvalue weighted by Gasteiger charge is 2.29. The minimum absolute atomic E-state index is 0.0919. The summed E-state index contributed by atoms with van der Waals surface area (Å²) in [5.74, 6) is 0.189. The molecule has 10 aromatic rings. The summed E-state index contributed by atoms with van der Waals surface area (Å²) < 4.78 is 9.09. The van der Waals surface area contributed by atoms with Gasteiger partial charge in [-0.3, -0.25) is 4.99 Å². The van der Waals surface area contributed by atoms with Gasteiger partial charge in [-0.05, 0) is 99.3 Å². The van der Waals surface area contributed by atoms with E-state index in [1.807, 2.05) is 17.4 Å². The summed E-state index contributed by atoms with van der Waals surface area (Å²) in [5, 5.41) is 7.47. The molecule has 58 heavy (non-hydrogen) atoms. The zero-order valence-corrected chi connectivity index (χ0v) is 33.2. The Labute approximate surface area is 342 Å². The molecule has 2 nitrogen and oxygen atoms in total. The highest BCUT2D eigenvalue weighted by molar-refractivity contribution is 7.26. The Kier molecular flexibility index (Phi) is 8.63. The maximum absolute atomic E-state index is 6.48. The first-order valence-electron chi connectivity index (χ1n) is 20.5. The molecule has 278 valence electrons. The quantitative estimate of drug-likeness (QED) is 0.166. The lowest BCUT2D eigenvalue weighted by Crippen LogP contribution is -2.18. The molecule has 2 aromatic heterocycles. The highest BCUT2D eigenvalue weighted by Crippen LogP contribution is 2.46. The van der Waals surface area contributed by atoms with E-state index in [1.54, 1.807) is 0 Å². The molecular formula is C55H41NOS. The summed E-state index contributed by atoms with van der Waals surface area (Å²) in [4.78, 5) is 5.93. The first kappa shape index (κ1) is 34.7. The lowest BCUT2D eigenvalue weighted by atomic mass is 9.80. The van der Waals surface area contributed by atoms with Gasteiger partial charge in [0.1, 0.15) is 11.2 Å². The Bertz CT molecular complexity index is 3200. The van der Waals surface area contributed by atoms with Crippen LogP contribution in [-0.2, 0) is 0 Å². The van der Waals surface area contributed by atoms with Gasteiger partial charge < -0.3 is 4.42 Å².